The first-order chi connectivity index (χ1) is 19.0. The number of sulfone groups is 1. The van der Waals surface area contributed by atoms with E-state index in [1.54, 1.807) is 12.3 Å². The third-order valence-electron chi connectivity index (χ3n) is 8.52. The molecule has 4 atom stereocenters. The first kappa shape index (κ1) is 26.4. The molecule has 2 unspecified atom stereocenters. The van der Waals surface area contributed by atoms with Gasteiger partial charge in [-0.2, -0.15) is 15.2 Å². The third-order valence-corrected chi connectivity index (χ3v) is 9.46. The highest BCUT2D eigenvalue weighted by Crippen LogP contribution is 2.63. The van der Waals surface area contributed by atoms with Gasteiger partial charge in [-0.25, -0.2) is 27.2 Å². The topological polar surface area (TPSA) is 124 Å². The van der Waals surface area contributed by atoms with Crippen molar-refractivity contribution in [2.75, 3.05) is 12.0 Å². The first-order valence-corrected chi connectivity index (χ1v) is 15.0. The van der Waals surface area contributed by atoms with Crippen LogP contribution in [0, 0.1) is 40.7 Å². The summed E-state index contributed by atoms with van der Waals surface area (Å²) in [5, 5.41) is 12.9. The fraction of sp³-hybridized carbons (Fsp3) is 0.429. The second-order valence-electron chi connectivity index (χ2n) is 11.1. The zero-order chi connectivity index (χ0) is 28.3. The van der Waals surface area contributed by atoms with Crippen LogP contribution in [0.2, 0.25) is 0 Å². The lowest BCUT2D eigenvalue weighted by molar-refractivity contribution is 0.122. The molecule has 12 heteroatoms. The van der Waals surface area contributed by atoms with E-state index >= 15 is 0 Å². The average Bonchev–Trinajstić information content (AvgIpc) is 3.45. The van der Waals surface area contributed by atoms with Gasteiger partial charge in [0.1, 0.15) is 27.5 Å². The summed E-state index contributed by atoms with van der Waals surface area (Å²) in [5.41, 5.74) is -0.472. The fourth-order valence-corrected chi connectivity index (χ4v) is 6.98. The molecule has 1 aromatic carbocycles. The van der Waals surface area contributed by atoms with Gasteiger partial charge in [0.05, 0.1) is 28.1 Å². The van der Waals surface area contributed by atoms with Gasteiger partial charge in [0.15, 0.2) is 0 Å². The van der Waals surface area contributed by atoms with Crippen molar-refractivity contribution < 1.29 is 21.7 Å². The quantitative estimate of drug-likeness (QED) is 0.402. The molecule has 3 aromatic rings. The largest absolute Gasteiger partial charge is 0.339 e. The zero-order valence-corrected chi connectivity index (χ0v) is 22.9. The Morgan fingerprint density at radius 2 is 1.88 bits per heavy atom. The van der Waals surface area contributed by atoms with Gasteiger partial charge in [-0.15, -0.1) is 0 Å². The molecule has 9 nitrogen and oxygen atoms in total. The third kappa shape index (κ3) is 4.23. The summed E-state index contributed by atoms with van der Waals surface area (Å²) in [6, 6.07) is 4.92. The molecule has 0 amide bonds. The number of hydrogen-bond donors (Lipinski definition) is 0. The van der Waals surface area contributed by atoms with Crippen molar-refractivity contribution in [1.29, 1.82) is 0 Å². The molecule has 206 valence electrons. The van der Waals surface area contributed by atoms with Gasteiger partial charge in [-0.05, 0) is 48.4 Å². The number of hydrogen-bond acceptors (Lipinski definition) is 9. The minimum atomic E-state index is -3.20. The zero-order valence-electron chi connectivity index (χ0n) is 22.1. The Hall–Kier alpha value is -3.85. The summed E-state index contributed by atoms with van der Waals surface area (Å²) in [6.45, 7) is 4.30. The molecule has 6 rings (SSSR count). The summed E-state index contributed by atoms with van der Waals surface area (Å²) in [4.78, 5) is 13.5. The smallest absolute Gasteiger partial charge is 0.240 e. The van der Waals surface area contributed by atoms with E-state index in [1.807, 2.05) is 6.07 Å². The summed E-state index contributed by atoms with van der Waals surface area (Å²) in [7, 11) is -3.20. The average molecular weight is 565 g/mol. The van der Waals surface area contributed by atoms with E-state index in [1.165, 1.54) is 18.2 Å². The van der Waals surface area contributed by atoms with Crippen molar-refractivity contribution in [2.45, 2.75) is 44.6 Å². The van der Waals surface area contributed by atoms with E-state index < -0.39 is 38.3 Å². The van der Waals surface area contributed by atoms with Crippen LogP contribution in [0.5, 0.6) is 0 Å². The van der Waals surface area contributed by atoms with E-state index in [9.17, 15) is 17.2 Å². The van der Waals surface area contributed by atoms with E-state index in [4.69, 9.17) is 9.51 Å². The molecule has 2 aromatic heterocycles. The van der Waals surface area contributed by atoms with Crippen LogP contribution in [-0.2, 0) is 21.7 Å². The molecule has 2 aliphatic carbocycles. The molecule has 0 saturated heterocycles. The van der Waals surface area contributed by atoms with E-state index in [0.29, 0.717) is 5.69 Å². The summed E-state index contributed by atoms with van der Waals surface area (Å²) < 4.78 is 57.7. The van der Waals surface area contributed by atoms with Crippen molar-refractivity contribution in [3.63, 3.8) is 0 Å². The molecule has 3 aliphatic rings. The van der Waals surface area contributed by atoms with Gasteiger partial charge in [-0.1, -0.05) is 36.9 Å². The van der Waals surface area contributed by atoms with Crippen LogP contribution >= 0.6 is 0 Å². The van der Waals surface area contributed by atoms with Gasteiger partial charge in [0, 0.05) is 24.8 Å². The second kappa shape index (κ2) is 9.37. The summed E-state index contributed by atoms with van der Waals surface area (Å²) in [6.07, 6.45) is 6.11. The van der Waals surface area contributed by atoms with Crippen molar-refractivity contribution in [3.8, 4) is 23.5 Å². The molecule has 1 saturated carbocycles. The maximum Gasteiger partial charge on any atom is 0.240 e. The molecular weight excluding hydrogens is 538 g/mol. The maximum atomic E-state index is 14.7. The number of azo groups is 1. The van der Waals surface area contributed by atoms with Gasteiger partial charge in [0.25, 0.3) is 0 Å². The number of halogens is 2. The molecule has 1 fully saturated rings. The minimum absolute atomic E-state index is 0.0459. The SMILES string of the molecule is CC1(C)[C@H]2CC[C@]1(c1ccnc(-c3noc(CCS(C)(=O)=O)n3)n1)C1C#CC2/C=C(/c2c(F)cccc2F)N=N1. The van der Waals surface area contributed by atoms with E-state index in [2.05, 4.69) is 51.0 Å². The highest BCUT2D eigenvalue weighted by Gasteiger charge is 2.62. The highest BCUT2D eigenvalue weighted by molar-refractivity contribution is 7.90. The molecule has 0 N–H and O–H groups in total. The lowest BCUT2D eigenvalue weighted by Gasteiger charge is -2.45. The van der Waals surface area contributed by atoms with Crippen molar-refractivity contribution in [2.24, 2.45) is 27.5 Å². The maximum absolute atomic E-state index is 14.7. The van der Waals surface area contributed by atoms with Crippen LogP contribution in [0.25, 0.3) is 17.3 Å². The molecule has 3 heterocycles. The van der Waals surface area contributed by atoms with Crippen molar-refractivity contribution in [3.05, 3.63) is 65.3 Å². The Balaban J connectivity index is 1.42. The molecule has 1 aliphatic heterocycles. The normalized spacial score (nSPS) is 27.7. The predicted molar refractivity (Wildman–Crippen MR) is 141 cm³/mol. The molecule has 0 spiro atoms. The number of fused-ring (bicyclic) bond motifs is 6. The lowest BCUT2D eigenvalue weighted by atomic mass is 9.59. The molecular formula is C28H26F2N6O3S. The number of aromatic nitrogens is 4. The van der Waals surface area contributed by atoms with Gasteiger partial charge in [0.2, 0.25) is 17.5 Å². The minimum Gasteiger partial charge on any atom is -0.339 e. The Morgan fingerprint density at radius 3 is 2.62 bits per heavy atom. The highest BCUT2D eigenvalue weighted by atomic mass is 32.2. The molecule has 40 heavy (non-hydrogen) atoms. The number of rotatable bonds is 6. The fourth-order valence-electron chi connectivity index (χ4n) is 6.43. The van der Waals surface area contributed by atoms with Crippen LogP contribution in [0.4, 0.5) is 8.78 Å². The van der Waals surface area contributed by atoms with Crippen LogP contribution in [0.15, 0.2) is 51.3 Å². The first-order valence-electron chi connectivity index (χ1n) is 12.9. The Bertz CT molecular complexity index is 1720. The monoisotopic (exact) mass is 564 g/mol. The second-order valence-corrected chi connectivity index (χ2v) is 13.3. The number of nitrogens with zero attached hydrogens (tertiary/aromatic N) is 6. The Kier molecular flexibility index (Phi) is 6.18. The van der Waals surface area contributed by atoms with Crippen LogP contribution in [0.3, 0.4) is 0 Å². The van der Waals surface area contributed by atoms with E-state index in [-0.39, 0.29) is 52.8 Å². The standard InChI is InChI=1S/C28H26F2N6O3S/c1-27(2)17-9-12-28(27,21-10-13-31-25(32-21)26-33-23(39-36-26)11-14-40(3,37)38)22-8-7-16(17)15-20(34-35-22)24-18(29)5-4-6-19(24)30/h4-6,10,13,15-17,22H,9,11-12,14H2,1-3H3/b20-15-,35-34?/t16?,17-,22?,28-/m0/s1. The van der Waals surface area contributed by atoms with Crippen LogP contribution < -0.4 is 0 Å². The lowest BCUT2D eigenvalue weighted by Crippen LogP contribution is -2.48. The van der Waals surface area contributed by atoms with Crippen molar-refractivity contribution >= 4 is 15.5 Å². The molecule has 0 radical (unpaired) electrons. The Morgan fingerprint density at radius 1 is 1.10 bits per heavy atom. The molecule has 4 bridgehead atoms. The number of allylic oxidation sites excluding steroid dienone is 1. The summed E-state index contributed by atoms with van der Waals surface area (Å²) >= 11 is 0. The number of benzene rings is 1. The van der Waals surface area contributed by atoms with Gasteiger partial charge < -0.3 is 4.52 Å². The van der Waals surface area contributed by atoms with E-state index in [0.717, 1.165) is 19.1 Å². The predicted octanol–water partition coefficient (Wildman–Crippen LogP) is 4.57. The van der Waals surface area contributed by atoms with Crippen LogP contribution in [-0.4, -0.2) is 46.6 Å². The Labute approximate surface area is 230 Å². The summed E-state index contributed by atoms with van der Waals surface area (Å²) in [5.74, 6) is 5.40. The number of aryl methyl sites for hydroxylation is 1. The van der Waals surface area contributed by atoms with Gasteiger partial charge >= 0.3 is 0 Å². The van der Waals surface area contributed by atoms with Crippen molar-refractivity contribution in [1.82, 2.24) is 20.1 Å². The van der Waals surface area contributed by atoms with Crippen LogP contribution in [0.1, 0.15) is 43.8 Å². The van der Waals surface area contributed by atoms with Gasteiger partial charge in [-0.3, -0.25) is 0 Å².